The van der Waals surface area contributed by atoms with Gasteiger partial charge in [-0.05, 0) is 0 Å². The maximum absolute atomic E-state index is 12.1. The number of carbonyl (C=O) groups is 1. The largest absolute Gasteiger partial charge is 0.472 e. The highest BCUT2D eigenvalue weighted by Gasteiger charge is 2.38. The molecule has 0 radical (unpaired) electrons. The Kier molecular flexibility index (Phi) is 8.07. The first-order valence-electron chi connectivity index (χ1n) is 9.60. The molecule has 17 heteroatoms. The van der Waals surface area contributed by atoms with Gasteiger partial charge in [0.2, 0.25) is 0 Å². The highest BCUT2D eigenvalue weighted by molar-refractivity contribution is 7.47. The predicted octanol–water partition coefficient (Wildman–Crippen LogP) is -3.17. The van der Waals surface area contributed by atoms with Crippen LogP contribution in [0.25, 0.3) is 11.2 Å². The van der Waals surface area contributed by atoms with Crippen molar-refractivity contribution in [2.45, 2.75) is 49.3 Å². The average Bonchev–Trinajstić information content (AvgIpc) is 3.38. The molecule has 3 rings (SSSR count). The minimum absolute atomic E-state index is 0.0593. The van der Waals surface area contributed by atoms with Crippen LogP contribution in [0.4, 0.5) is 5.82 Å². The van der Waals surface area contributed by atoms with Crippen molar-refractivity contribution in [3.63, 3.8) is 0 Å². The first-order chi connectivity index (χ1) is 15.5. The molecule has 8 N–H and O–H groups in total. The van der Waals surface area contributed by atoms with E-state index in [1.54, 1.807) is 0 Å². The molecular weight excluding hydrogens is 469 g/mol. The zero-order chi connectivity index (χ0) is 24.3. The van der Waals surface area contributed by atoms with E-state index >= 15 is 0 Å². The standard InChI is InChI=1S/C16H24N5O11P/c17-15-12-16(19-5-18-15)21(6-20-12)11-1-7(23)10(32-11)4-31-33(28,29)30-3-9(25)14(27)13(26)8(24)2-22/h2,5-11,13-14,23-27H,1,3-4H2,(H,28,29)(H2,17,18,19)/t7?,8-,9+,10-,11-,13+,14-/m1/s1. The number of carbonyl (C=O) groups excluding carboxylic acids is 1. The first-order valence-corrected chi connectivity index (χ1v) is 11.1. The first kappa shape index (κ1) is 25.5. The third kappa shape index (κ3) is 5.88. The number of rotatable bonds is 11. The summed E-state index contributed by atoms with van der Waals surface area (Å²) in [4.78, 5) is 32.2. The van der Waals surface area contributed by atoms with E-state index in [1.807, 2.05) is 0 Å². The number of phosphoric acid groups is 1. The molecule has 184 valence electrons. The summed E-state index contributed by atoms with van der Waals surface area (Å²) in [6, 6.07) is 0. The molecule has 8 atom stereocenters. The number of aliphatic hydroxyl groups is 5. The molecule has 1 fully saturated rings. The number of aliphatic hydroxyl groups excluding tert-OH is 5. The summed E-state index contributed by atoms with van der Waals surface area (Å²) in [6.45, 7) is -1.54. The van der Waals surface area contributed by atoms with Crippen molar-refractivity contribution >= 4 is 31.1 Å². The lowest BCUT2D eigenvalue weighted by Gasteiger charge is -2.24. The average molecular weight is 493 g/mol. The van der Waals surface area contributed by atoms with Crippen LogP contribution in [-0.2, 0) is 23.1 Å². The number of hydrogen-bond donors (Lipinski definition) is 7. The quantitative estimate of drug-likeness (QED) is 0.120. The van der Waals surface area contributed by atoms with Gasteiger partial charge in [-0.25, -0.2) is 19.5 Å². The zero-order valence-corrected chi connectivity index (χ0v) is 17.8. The van der Waals surface area contributed by atoms with Crippen LogP contribution >= 0.6 is 7.82 Å². The molecule has 33 heavy (non-hydrogen) atoms. The van der Waals surface area contributed by atoms with Gasteiger partial charge in [0.15, 0.2) is 17.8 Å². The Labute approximate surface area is 185 Å². The van der Waals surface area contributed by atoms with Gasteiger partial charge >= 0.3 is 7.82 Å². The molecule has 2 aromatic rings. The van der Waals surface area contributed by atoms with E-state index in [-0.39, 0.29) is 18.5 Å². The maximum Gasteiger partial charge on any atom is 0.472 e. The minimum Gasteiger partial charge on any atom is -0.390 e. The molecule has 1 aliphatic rings. The van der Waals surface area contributed by atoms with Crippen molar-refractivity contribution in [1.82, 2.24) is 19.5 Å². The molecular formula is C16H24N5O11P. The molecule has 0 bridgehead atoms. The minimum atomic E-state index is -4.78. The van der Waals surface area contributed by atoms with Crippen molar-refractivity contribution in [3.05, 3.63) is 12.7 Å². The molecule has 1 saturated heterocycles. The Bertz CT molecular complexity index is 1010. The molecule has 0 saturated carbocycles. The Morgan fingerprint density at radius 3 is 2.67 bits per heavy atom. The third-order valence-electron chi connectivity index (χ3n) is 4.95. The molecule has 0 aliphatic carbocycles. The third-order valence-corrected chi connectivity index (χ3v) is 5.90. The molecule has 16 nitrogen and oxygen atoms in total. The van der Waals surface area contributed by atoms with Crippen molar-refractivity contribution in [2.75, 3.05) is 18.9 Å². The Balaban J connectivity index is 1.53. The molecule has 2 aromatic heterocycles. The monoisotopic (exact) mass is 493 g/mol. The van der Waals surface area contributed by atoms with E-state index in [0.29, 0.717) is 11.2 Å². The van der Waals surface area contributed by atoms with Crippen molar-refractivity contribution < 1.29 is 53.6 Å². The normalized spacial score (nSPS) is 26.5. The maximum atomic E-state index is 12.1. The number of anilines is 1. The summed E-state index contributed by atoms with van der Waals surface area (Å²) in [5.74, 6) is 0.163. The highest BCUT2D eigenvalue weighted by Crippen LogP contribution is 2.44. The van der Waals surface area contributed by atoms with Crippen molar-refractivity contribution in [1.29, 1.82) is 0 Å². The Morgan fingerprint density at radius 1 is 1.24 bits per heavy atom. The lowest BCUT2D eigenvalue weighted by molar-refractivity contribution is -0.136. The fourth-order valence-electron chi connectivity index (χ4n) is 3.10. The number of aromatic nitrogens is 4. The molecule has 0 amide bonds. The van der Waals surface area contributed by atoms with Crippen LogP contribution in [0.2, 0.25) is 0 Å². The number of fused-ring (bicyclic) bond motifs is 1. The van der Waals surface area contributed by atoms with E-state index in [0.717, 1.165) is 0 Å². The molecule has 0 aromatic carbocycles. The van der Waals surface area contributed by atoms with E-state index < -0.39 is 63.9 Å². The smallest absolute Gasteiger partial charge is 0.390 e. The molecule has 2 unspecified atom stereocenters. The number of nitrogens with two attached hydrogens (primary N) is 1. The van der Waals surface area contributed by atoms with Gasteiger partial charge in [0.25, 0.3) is 0 Å². The Hall–Kier alpha value is -2.11. The summed E-state index contributed by atoms with van der Waals surface area (Å²) in [5, 5.41) is 48.2. The van der Waals surface area contributed by atoms with E-state index in [4.69, 9.17) is 20.1 Å². The fourth-order valence-corrected chi connectivity index (χ4v) is 3.85. The summed E-state index contributed by atoms with van der Waals surface area (Å²) < 4.78 is 28.6. The number of aldehydes is 1. The molecule has 1 aliphatic heterocycles. The lowest BCUT2D eigenvalue weighted by atomic mass is 10.0. The summed E-state index contributed by atoms with van der Waals surface area (Å²) >= 11 is 0. The summed E-state index contributed by atoms with van der Waals surface area (Å²) in [5.41, 5.74) is 6.45. The van der Waals surface area contributed by atoms with Gasteiger partial charge in [-0.15, -0.1) is 0 Å². The molecule has 0 spiro atoms. The zero-order valence-electron chi connectivity index (χ0n) is 16.9. The number of ether oxygens (including phenoxy) is 1. The lowest BCUT2D eigenvalue weighted by Crippen LogP contribution is -2.46. The van der Waals surface area contributed by atoms with Crippen LogP contribution in [0, 0.1) is 0 Å². The Morgan fingerprint density at radius 2 is 1.97 bits per heavy atom. The van der Waals surface area contributed by atoms with Crippen LogP contribution in [0.15, 0.2) is 12.7 Å². The molecule has 3 heterocycles. The number of nitrogens with zero attached hydrogens (tertiary/aromatic N) is 4. The van der Waals surface area contributed by atoms with Gasteiger partial charge in [0, 0.05) is 6.42 Å². The van der Waals surface area contributed by atoms with Gasteiger partial charge in [-0.3, -0.25) is 13.6 Å². The second-order valence-electron chi connectivity index (χ2n) is 7.25. The van der Waals surface area contributed by atoms with Gasteiger partial charge in [0.05, 0.1) is 25.6 Å². The van der Waals surface area contributed by atoms with Gasteiger partial charge in [-0.1, -0.05) is 0 Å². The van der Waals surface area contributed by atoms with Crippen LogP contribution in [0.1, 0.15) is 12.6 Å². The van der Waals surface area contributed by atoms with Gasteiger partial charge in [0.1, 0.15) is 48.6 Å². The van der Waals surface area contributed by atoms with E-state index in [9.17, 15) is 34.7 Å². The number of imidazole rings is 1. The SMILES string of the molecule is Nc1ncnc2c1ncn2[C@H]1CC(O)[C@@H](COP(=O)(O)OC[C@H](O)[C@@H](O)[C@@H](O)[C@H](O)C=O)O1. The number of nitrogen functional groups attached to an aromatic ring is 1. The highest BCUT2D eigenvalue weighted by atomic mass is 31.2. The van der Waals surface area contributed by atoms with Crippen molar-refractivity contribution in [2.24, 2.45) is 0 Å². The van der Waals surface area contributed by atoms with Crippen LogP contribution < -0.4 is 5.73 Å². The van der Waals surface area contributed by atoms with Crippen LogP contribution in [0.3, 0.4) is 0 Å². The second kappa shape index (κ2) is 10.4. The number of phosphoric ester groups is 1. The van der Waals surface area contributed by atoms with Crippen LogP contribution in [-0.4, -0.2) is 106 Å². The van der Waals surface area contributed by atoms with E-state index in [1.165, 1.54) is 17.2 Å². The van der Waals surface area contributed by atoms with Gasteiger partial charge < -0.3 is 45.7 Å². The topological polar surface area (TPSA) is 253 Å². The summed E-state index contributed by atoms with van der Waals surface area (Å²) in [7, 11) is -4.78. The van der Waals surface area contributed by atoms with Crippen LogP contribution in [0.5, 0.6) is 0 Å². The summed E-state index contributed by atoms with van der Waals surface area (Å²) in [6.07, 6.45) is -8.17. The second-order valence-corrected chi connectivity index (χ2v) is 8.70. The fraction of sp³-hybridized carbons (Fsp3) is 0.625. The predicted molar refractivity (Wildman–Crippen MR) is 106 cm³/mol. The number of hydrogen-bond acceptors (Lipinski definition) is 14. The van der Waals surface area contributed by atoms with Gasteiger partial charge in [-0.2, -0.15) is 0 Å². The van der Waals surface area contributed by atoms with Crippen molar-refractivity contribution in [3.8, 4) is 0 Å². The van der Waals surface area contributed by atoms with E-state index in [2.05, 4.69) is 19.5 Å².